The van der Waals surface area contributed by atoms with E-state index in [-0.39, 0.29) is 17.3 Å². The maximum atomic E-state index is 13.1. The van der Waals surface area contributed by atoms with Crippen LogP contribution in [0.3, 0.4) is 0 Å². The first-order chi connectivity index (χ1) is 13.5. The summed E-state index contributed by atoms with van der Waals surface area (Å²) in [6.07, 6.45) is 7.00. The summed E-state index contributed by atoms with van der Waals surface area (Å²) in [6.45, 7) is 0. The average Bonchev–Trinajstić information content (AvgIpc) is 2.87. The Kier molecular flexibility index (Phi) is 6.04. The van der Waals surface area contributed by atoms with Crippen molar-refractivity contribution in [3.8, 4) is 23.0 Å². The molecule has 0 unspecified atom stereocenters. The van der Waals surface area contributed by atoms with Crippen molar-refractivity contribution in [2.24, 2.45) is 0 Å². The number of benzene rings is 2. The molecule has 0 bridgehead atoms. The Hall–Kier alpha value is -3.21. The van der Waals surface area contributed by atoms with Crippen LogP contribution in [0.4, 0.5) is 0 Å². The number of rotatable bonds is 4. The third-order valence-corrected chi connectivity index (χ3v) is 4.81. The number of aromatic hydroxyl groups is 2. The Morgan fingerprint density at radius 3 is 1.61 bits per heavy atom. The number of hydrogen-bond donors (Lipinski definition) is 2. The number of ketones is 1. The third kappa shape index (κ3) is 4.36. The normalized spacial score (nSPS) is 17.6. The van der Waals surface area contributed by atoms with E-state index >= 15 is 0 Å². The number of Topliss-reactive ketones (excluding diaryl/α,β-unsaturated/α-hetero) is 1. The molecule has 0 saturated heterocycles. The zero-order valence-corrected chi connectivity index (χ0v) is 16.1. The molecule has 2 aromatic carbocycles. The minimum atomic E-state index is 0.0246. The first kappa shape index (κ1) is 19.5. The van der Waals surface area contributed by atoms with E-state index < -0.39 is 0 Å². The van der Waals surface area contributed by atoms with Gasteiger partial charge < -0.3 is 19.7 Å². The molecule has 146 valence electrons. The van der Waals surface area contributed by atoms with Crippen LogP contribution in [0.25, 0.3) is 12.2 Å². The smallest absolute Gasteiger partial charge is 0.185 e. The Bertz CT molecular complexity index is 865. The maximum Gasteiger partial charge on any atom is 0.185 e. The van der Waals surface area contributed by atoms with E-state index in [1.807, 2.05) is 12.2 Å². The van der Waals surface area contributed by atoms with Gasteiger partial charge in [-0.2, -0.15) is 0 Å². The van der Waals surface area contributed by atoms with Crippen LogP contribution in [0.5, 0.6) is 23.0 Å². The molecule has 2 aromatic rings. The second kappa shape index (κ2) is 8.65. The predicted molar refractivity (Wildman–Crippen MR) is 109 cm³/mol. The number of methoxy groups -OCH3 is 2. The second-order valence-electron chi connectivity index (χ2n) is 6.74. The van der Waals surface area contributed by atoms with Crippen molar-refractivity contribution >= 4 is 17.9 Å². The number of carbonyl (C=O) groups excluding carboxylic acids is 1. The van der Waals surface area contributed by atoms with Gasteiger partial charge in [-0.15, -0.1) is 0 Å². The minimum absolute atomic E-state index is 0.0246. The molecule has 1 aliphatic carbocycles. The summed E-state index contributed by atoms with van der Waals surface area (Å²) in [6, 6.07) is 10.1. The van der Waals surface area contributed by atoms with Crippen molar-refractivity contribution in [2.45, 2.75) is 25.7 Å². The molecule has 5 heteroatoms. The summed E-state index contributed by atoms with van der Waals surface area (Å²) in [7, 11) is 2.99. The van der Waals surface area contributed by atoms with Crippen LogP contribution in [0, 0.1) is 0 Å². The van der Waals surface area contributed by atoms with Gasteiger partial charge in [0.25, 0.3) is 0 Å². The molecule has 3 rings (SSSR count). The van der Waals surface area contributed by atoms with Gasteiger partial charge in [-0.3, -0.25) is 4.79 Å². The molecule has 5 nitrogen and oxygen atoms in total. The summed E-state index contributed by atoms with van der Waals surface area (Å²) in [5.74, 6) is 0.916. The van der Waals surface area contributed by atoms with Gasteiger partial charge in [0.1, 0.15) is 0 Å². The summed E-state index contributed by atoms with van der Waals surface area (Å²) in [5, 5.41) is 19.5. The van der Waals surface area contributed by atoms with E-state index in [1.165, 1.54) is 14.2 Å². The van der Waals surface area contributed by atoms with Gasteiger partial charge in [-0.25, -0.2) is 0 Å². The van der Waals surface area contributed by atoms with Crippen LogP contribution in [0.2, 0.25) is 0 Å². The molecule has 0 aliphatic heterocycles. The number of phenolic OH excluding ortho intramolecular Hbond substituents is 2. The van der Waals surface area contributed by atoms with Crippen molar-refractivity contribution in [1.82, 2.24) is 0 Å². The number of hydrogen-bond acceptors (Lipinski definition) is 5. The summed E-state index contributed by atoms with van der Waals surface area (Å²) < 4.78 is 10.3. The average molecular weight is 380 g/mol. The number of allylic oxidation sites excluding steroid dienone is 2. The third-order valence-electron chi connectivity index (χ3n) is 4.81. The lowest BCUT2D eigenvalue weighted by atomic mass is 9.97. The van der Waals surface area contributed by atoms with Gasteiger partial charge in [-0.05, 0) is 73.2 Å². The monoisotopic (exact) mass is 380 g/mol. The van der Waals surface area contributed by atoms with Crippen molar-refractivity contribution in [3.63, 3.8) is 0 Å². The Morgan fingerprint density at radius 2 is 1.21 bits per heavy atom. The number of carbonyl (C=O) groups is 1. The molecule has 0 aromatic heterocycles. The highest BCUT2D eigenvalue weighted by molar-refractivity contribution is 6.13. The Morgan fingerprint density at radius 1 is 0.786 bits per heavy atom. The molecule has 2 N–H and O–H groups in total. The molecular weight excluding hydrogens is 356 g/mol. The lowest BCUT2D eigenvalue weighted by Crippen LogP contribution is -2.04. The number of ether oxygens (including phenoxy) is 2. The Labute approximate surface area is 164 Å². The lowest BCUT2D eigenvalue weighted by molar-refractivity contribution is -0.112. The maximum absolute atomic E-state index is 13.1. The molecule has 28 heavy (non-hydrogen) atoms. The van der Waals surface area contributed by atoms with E-state index in [4.69, 9.17) is 9.47 Å². The highest BCUT2D eigenvalue weighted by Gasteiger charge is 2.19. The van der Waals surface area contributed by atoms with Crippen molar-refractivity contribution in [1.29, 1.82) is 0 Å². The van der Waals surface area contributed by atoms with Crippen molar-refractivity contribution in [2.75, 3.05) is 14.2 Å². The molecular formula is C23H24O5. The molecule has 0 amide bonds. The van der Waals surface area contributed by atoms with E-state index in [9.17, 15) is 15.0 Å². The fraction of sp³-hybridized carbons (Fsp3) is 0.261. The molecule has 0 radical (unpaired) electrons. The highest BCUT2D eigenvalue weighted by Crippen LogP contribution is 2.32. The van der Waals surface area contributed by atoms with Crippen LogP contribution in [0.15, 0.2) is 47.5 Å². The van der Waals surface area contributed by atoms with Gasteiger partial charge in [-0.1, -0.05) is 12.1 Å². The summed E-state index contributed by atoms with van der Waals surface area (Å²) in [4.78, 5) is 13.1. The predicted octanol–water partition coefficient (Wildman–Crippen LogP) is 4.73. The van der Waals surface area contributed by atoms with E-state index in [0.29, 0.717) is 24.3 Å². The molecule has 1 saturated carbocycles. The summed E-state index contributed by atoms with van der Waals surface area (Å²) >= 11 is 0. The molecule has 0 spiro atoms. The SMILES string of the molecule is COc1cc(C=C2CCCCC(=Cc3ccc(O)c(OC)c3)C2=O)ccc1O. The van der Waals surface area contributed by atoms with Crippen molar-refractivity contribution < 1.29 is 24.5 Å². The zero-order chi connectivity index (χ0) is 20.1. The van der Waals surface area contributed by atoms with Crippen LogP contribution in [-0.2, 0) is 4.79 Å². The second-order valence-corrected chi connectivity index (χ2v) is 6.74. The van der Waals surface area contributed by atoms with Crippen molar-refractivity contribution in [3.05, 3.63) is 58.7 Å². The first-order valence-corrected chi connectivity index (χ1v) is 9.21. The largest absolute Gasteiger partial charge is 0.504 e. The van der Waals surface area contributed by atoms with Gasteiger partial charge in [0.05, 0.1) is 14.2 Å². The van der Waals surface area contributed by atoms with Crippen LogP contribution in [0.1, 0.15) is 36.8 Å². The molecule has 1 aliphatic rings. The first-order valence-electron chi connectivity index (χ1n) is 9.21. The zero-order valence-electron chi connectivity index (χ0n) is 16.1. The van der Waals surface area contributed by atoms with Crippen LogP contribution in [-0.4, -0.2) is 30.2 Å². The topological polar surface area (TPSA) is 76.0 Å². The van der Waals surface area contributed by atoms with E-state index in [2.05, 4.69) is 0 Å². The lowest BCUT2D eigenvalue weighted by Gasteiger charge is -2.08. The minimum Gasteiger partial charge on any atom is -0.504 e. The van der Waals surface area contributed by atoms with Gasteiger partial charge in [0.15, 0.2) is 28.8 Å². The van der Waals surface area contributed by atoms with Gasteiger partial charge >= 0.3 is 0 Å². The van der Waals surface area contributed by atoms with Crippen LogP contribution < -0.4 is 9.47 Å². The summed E-state index contributed by atoms with van der Waals surface area (Å²) in [5.41, 5.74) is 3.10. The highest BCUT2D eigenvalue weighted by atomic mass is 16.5. The Balaban J connectivity index is 1.94. The molecule has 0 heterocycles. The quantitative estimate of drug-likeness (QED) is 0.593. The fourth-order valence-corrected chi connectivity index (χ4v) is 3.31. The van der Waals surface area contributed by atoms with E-state index in [1.54, 1.807) is 36.4 Å². The number of phenols is 2. The van der Waals surface area contributed by atoms with Gasteiger partial charge in [0.2, 0.25) is 0 Å². The van der Waals surface area contributed by atoms with E-state index in [0.717, 1.165) is 35.1 Å². The van der Waals surface area contributed by atoms with Gasteiger partial charge in [0, 0.05) is 11.1 Å². The van der Waals surface area contributed by atoms with Crippen LogP contribution >= 0.6 is 0 Å². The fourth-order valence-electron chi connectivity index (χ4n) is 3.31. The molecule has 0 atom stereocenters. The molecule has 1 fully saturated rings. The standard InChI is InChI=1S/C23H24O5/c1-27-21-13-15(7-9-19(21)24)11-17-5-3-4-6-18(23(17)26)12-16-8-10-20(25)22(14-16)28-2/h7-14,24-25H,3-6H2,1-2H3.